The van der Waals surface area contributed by atoms with Crippen LogP contribution in [0.25, 0.3) is 0 Å². The number of nitrogens with zero attached hydrogens (tertiary/aromatic N) is 4. The lowest BCUT2D eigenvalue weighted by atomic mass is 10.2. The third-order valence-electron chi connectivity index (χ3n) is 8.49. The first kappa shape index (κ1) is 35.7. The minimum atomic E-state index is -0.885. The highest BCUT2D eigenvalue weighted by Gasteiger charge is 2.64. The van der Waals surface area contributed by atoms with E-state index in [4.69, 9.17) is 18.9 Å². The average molecular weight is 684 g/mol. The molecule has 2 saturated heterocycles. The molecule has 0 radical (unpaired) electrons. The molecule has 1 aliphatic carbocycles. The van der Waals surface area contributed by atoms with Crippen molar-refractivity contribution in [3.8, 4) is 0 Å². The molecule has 3 atom stereocenters. The average Bonchev–Trinajstić information content (AvgIpc) is 3.64. The molecule has 5 rings (SSSR count). The Labute approximate surface area is 286 Å². The molecule has 1 N–H and O–H groups in total. The summed E-state index contributed by atoms with van der Waals surface area (Å²) in [7, 11) is 0. The van der Waals surface area contributed by atoms with Gasteiger partial charge in [0.2, 0.25) is 5.91 Å². The van der Waals surface area contributed by atoms with Gasteiger partial charge in [0, 0.05) is 19.5 Å². The van der Waals surface area contributed by atoms with Crippen molar-refractivity contribution in [2.24, 2.45) is 0 Å². The van der Waals surface area contributed by atoms with Crippen molar-refractivity contribution in [2.75, 3.05) is 49.1 Å². The van der Waals surface area contributed by atoms with Crippen molar-refractivity contribution in [1.29, 1.82) is 0 Å². The number of benzene rings is 2. The van der Waals surface area contributed by atoms with Crippen molar-refractivity contribution in [2.45, 2.75) is 83.8 Å². The van der Waals surface area contributed by atoms with E-state index in [0.717, 1.165) is 12.0 Å². The maximum Gasteiger partial charge on any atom is 0.429 e. The lowest BCUT2D eigenvalue weighted by molar-refractivity contribution is -0.126. The summed E-state index contributed by atoms with van der Waals surface area (Å²) in [6.45, 7) is 9.81. The van der Waals surface area contributed by atoms with Gasteiger partial charge < -0.3 is 29.2 Å². The predicted octanol–water partition coefficient (Wildman–Crippen LogP) is 5.23. The fourth-order valence-electron chi connectivity index (χ4n) is 5.96. The molecule has 4 amide bonds. The third kappa shape index (κ3) is 8.91. The fraction of sp³-hybridized carbons (Fsp3) is 0.543. The summed E-state index contributed by atoms with van der Waals surface area (Å²) in [5.41, 5.74) is -0.170. The van der Waals surface area contributed by atoms with E-state index < -0.39 is 35.3 Å². The molecule has 266 valence electrons. The fourth-order valence-corrected chi connectivity index (χ4v) is 5.96. The molecule has 49 heavy (non-hydrogen) atoms. The van der Waals surface area contributed by atoms with Gasteiger partial charge in [0.15, 0.2) is 5.60 Å². The van der Waals surface area contributed by atoms with Gasteiger partial charge in [-0.05, 0) is 57.9 Å². The van der Waals surface area contributed by atoms with Crippen LogP contribution in [0.15, 0.2) is 48.5 Å². The predicted molar refractivity (Wildman–Crippen MR) is 178 cm³/mol. The van der Waals surface area contributed by atoms with E-state index in [0.29, 0.717) is 25.1 Å². The maximum absolute atomic E-state index is 15.7. The van der Waals surface area contributed by atoms with Gasteiger partial charge in [-0.15, -0.1) is 0 Å². The maximum atomic E-state index is 15.7. The number of anilines is 2. The minimum absolute atomic E-state index is 0.0404. The number of carbonyl (C=O) groups excluding carboxylic acids is 4. The number of hydrogen-bond acceptors (Lipinski definition) is 9. The standard InChI is InChI=1S/C35H46FN5O8/c1-6-10-24(2)47-32(44)40-17-15-38(16-18-41(40)33(45)48-34(3,4)5)28-14-13-26(19-27(28)36)39-23-35(49-31(39)43)20-29(35)37-30(42)22-46-21-25-11-8-7-9-12-25/h7-9,11-14,19,24,29H,6,10,15-18,20-23H2,1-5H3,(H,37,42)/t24?,29?,35-/m0/s1. The van der Waals surface area contributed by atoms with Crippen LogP contribution in [0.2, 0.25) is 0 Å². The Morgan fingerprint density at radius 3 is 2.39 bits per heavy atom. The number of rotatable bonds is 10. The van der Waals surface area contributed by atoms with Gasteiger partial charge in [-0.1, -0.05) is 43.7 Å². The molecular weight excluding hydrogens is 637 g/mol. The van der Waals surface area contributed by atoms with Crippen molar-refractivity contribution in [3.05, 3.63) is 59.9 Å². The van der Waals surface area contributed by atoms with Crippen LogP contribution in [-0.4, -0.2) is 96.9 Å². The lowest BCUT2D eigenvalue weighted by Crippen LogP contribution is -2.52. The first-order valence-electron chi connectivity index (χ1n) is 16.7. The van der Waals surface area contributed by atoms with Crippen LogP contribution in [0, 0.1) is 5.82 Å². The molecule has 3 aliphatic rings. The molecule has 1 spiro atoms. The van der Waals surface area contributed by atoms with Gasteiger partial charge in [-0.3, -0.25) is 9.69 Å². The van der Waals surface area contributed by atoms with E-state index in [1.54, 1.807) is 44.7 Å². The summed E-state index contributed by atoms with van der Waals surface area (Å²) in [6, 6.07) is 13.6. The van der Waals surface area contributed by atoms with Crippen molar-refractivity contribution >= 4 is 35.6 Å². The van der Waals surface area contributed by atoms with Crippen molar-refractivity contribution in [3.63, 3.8) is 0 Å². The van der Waals surface area contributed by atoms with E-state index in [2.05, 4.69) is 5.32 Å². The number of halogens is 1. The SMILES string of the molecule is CCCC(C)OC(=O)N1CCN(c2ccc(N3C[C@]4(CC4NC(=O)COCc4ccccc4)OC3=O)cc2F)CCN1C(=O)OC(C)(C)C. The zero-order valence-corrected chi connectivity index (χ0v) is 28.8. The second-order valence-corrected chi connectivity index (χ2v) is 13.7. The first-order valence-corrected chi connectivity index (χ1v) is 16.7. The van der Waals surface area contributed by atoms with E-state index in [-0.39, 0.29) is 63.1 Å². The topological polar surface area (TPSA) is 130 Å². The van der Waals surface area contributed by atoms with Crippen LogP contribution in [0.3, 0.4) is 0 Å². The molecule has 2 heterocycles. The number of ether oxygens (including phenoxy) is 4. The molecule has 1 saturated carbocycles. The molecule has 13 nitrogen and oxygen atoms in total. The second kappa shape index (κ2) is 14.9. The van der Waals surface area contributed by atoms with Crippen LogP contribution in [0.5, 0.6) is 0 Å². The lowest BCUT2D eigenvalue weighted by Gasteiger charge is -2.33. The number of nitrogens with one attached hydrogen (secondary N) is 1. The van der Waals surface area contributed by atoms with E-state index >= 15 is 4.39 Å². The van der Waals surface area contributed by atoms with Gasteiger partial charge in [0.1, 0.15) is 24.1 Å². The number of carbonyl (C=O) groups is 4. The summed E-state index contributed by atoms with van der Waals surface area (Å²) < 4.78 is 38.1. The summed E-state index contributed by atoms with van der Waals surface area (Å²) in [5, 5.41) is 5.29. The summed E-state index contributed by atoms with van der Waals surface area (Å²) in [5.74, 6) is -0.897. The summed E-state index contributed by atoms with van der Waals surface area (Å²) >= 11 is 0. The number of hydrazine groups is 1. The molecule has 2 unspecified atom stereocenters. The molecule has 0 bridgehead atoms. The minimum Gasteiger partial charge on any atom is -0.445 e. The van der Waals surface area contributed by atoms with E-state index in [1.807, 2.05) is 37.3 Å². The van der Waals surface area contributed by atoms with Crippen molar-refractivity contribution < 1.29 is 42.5 Å². The smallest absolute Gasteiger partial charge is 0.429 e. The zero-order valence-electron chi connectivity index (χ0n) is 28.8. The first-order chi connectivity index (χ1) is 23.3. The van der Waals surface area contributed by atoms with Crippen LogP contribution in [0.4, 0.5) is 30.1 Å². The monoisotopic (exact) mass is 683 g/mol. The van der Waals surface area contributed by atoms with Crippen LogP contribution < -0.4 is 15.1 Å². The molecule has 3 fully saturated rings. The van der Waals surface area contributed by atoms with Crippen molar-refractivity contribution in [1.82, 2.24) is 15.3 Å². The zero-order chi connectivity index (χ0) is 35.3. The highest BCUT2D eigenvalue weighted by molar-refractivity contribution is 5.91. The Morgan fingerprint density at radius 1 is 1.04 bits per heavy atom. The Bertz CT molecular complexity index is 1520. The second-order valence-electron chi connectivity index (χ2n) is 13.7. The number of amides is 4. The van der Waals surface area contributed by atoms with Gasteiger partial charge in [-0.2, -0.15) is 0 Å². The highest BCUT2D eigenvalue weighted by Crippen LogP contribution is 2.46. The van der Waals surface area contributed by atoms with Gasteiger partial charge in [0.05, 0.1) is 43.7 Å². The summed E-state index contributed by atoms with van der Waals surface area (Å²) in [6.07, 6.45) is -0.426. The largest absolute Gasteiger partial charge is 0.445 e. The molecule has 14 heteroatoms. The van der Waals surface area contributed by atoms with Gasteiger partial charge in [-0.25, -0.2) is 28.8 Å². The summed E-state index contributed by atoms with van der Waals surface area (Å²) in [4.78, 5) is 54.8. The van der Waals surface area contributed by atoms with Crippen LogP contribution in [-0.2, 0) is 30.3 Å². The highest BCUT2D eigenvalue weighted by atomic mass is 19.1. The molecule has 0 aromatic heterocycles. The van der Waals surface area contributed by atoms with Gasteiger partial charge in [0.25, 0.3) is 0 Å². The third-order valence-corrected chi connectivity index (χ3v) is 8.49. The Hall–Kier alpha value is -4.59. The molecular formula is C35H46FN5O8. The van der Waals surface area contributed by atoms with E-state index in [1.165, 1.54) is 21.0 Å². The van der Waals surface area contributed by atoms with Crippen LogP contribution in [0.1, 0.15) is 59.4 Å². The molecule has 2 aliphatic heterocycles. The van der Waals surface area contributed by atoms with Crippen LogP contribution >= 0.6 is 0 Å². The molecule has 2 aromatic rings. The Balaban J connectivity index is 1.20. The number of hydrogen-bond donors (Lipinski definition) is 1. The normalized spacial score (nSPS) is 21.3. The molecule has 2 aromatic carbocycles. The quantitative estimate of drug-likeness (QED) is 0.335. The van der Waals surface area contributed by atoms with Gasteiger partial charge >= 0.3 is 18.3 Å². The Kier molecular flexibility index (Phi) is 10.9. The van der Waals surface area contributed by atoms with E-state index in [9.17, 15) is 19.2 Å². The Morgan fingerprint density at radius 2 is 1.73 bits per heavy atom.